The molecule has 0 aliphatic heterocycles. The number of aromatic nitrogens is 2. The zero-order chi connectivity index (χ0) is 15.3. The van der Waals surface area contributed by atoms with Crippen LogP contribution >= 0.6 is 0 Å². The van der Waals surface area contributed by atoms with E-state index in [1.807, 2.05) is 0 Å². The number of aliphatic hydroxyl groups excluding tert-OH is 1. The van der Waals surface area contributed by atoms with Gasteiger partial charge in [0, 0.05) is 12.6 Å². The average Bonchev–Trinajstić information content (AvgIpc) is 2.97. The van der Waals surface area contributed by atoms with Crippen molar-refractivity contribution in [1.82, 2.24) is 10.2 Å². The van der Waals surface area contributed by atoms with Crippen LogP contribution in [-0.2, 0) is 10.0 Å². The molecule has 0 saturated heterocycles. The average molecular weight is 309 g/mol. The van der Waals surface area contributed by atoms with Gasteiger partial charge in [0.15, 0.2) is 0 Å². The second-order valence-corrected chi connectivity index (χ2v) is 5.69. The van der Waals surface area contributed by atoms with E-state index < -0.39 is 15.8 Å². The first kappa shape index (κ1) is 15.0. The number of H-pyrrole nitrogens is 1. The minimum Gasteiger partial charge on any atom is -0.395 e. The number of hydrogen-bond acceptors (Lipinski definition) is 4. The highest BCUT2D eigenvalue weighted by Gasteiger charge is 2.16. The number of aliphatic hydroxyl groups is 1. The zero-order valence-corrected chi connectivity index (χ0v) is 11.6. The lowest BCUT2D eigenvalue weighted by Crippen LogP contribution is -2.13. The van der Waals surface area contributed by atoms with Gasteiger partial charge in [-0.25, -0.2) is 12.8 Å². The van der Waals surface area contributed by atoms with E-state index in [4.69, 9.17) is 5.11 Å². The Balaban J connectivity index is 2.34. The number of nitrogens with one attached hydrogen (secondary N) is 2. The molecule has 0 aliphatic carbocycles. The monoisotopic (exact) mass is 309 g/mol. The van der Waals surface area contributed by atoms with Gasteiger partial charge < -0.3 is 5.11 Å². The first-order chi connectivity index (χ1) is 10.0. The predicted octanol–water partition coefficient (Wildman–Crippen LogP) is 1.08. The molecule has 0 amide bonds. The van der Waals surface area contributed by atoms with Gasteiger partial charge in [-0.05, 0) is 18.2 Å². The summed E-state index contributed by atoms with van der Waals surface area (Å²) in [5.41, 5.74) is 0.346. The Morgan fingerprint density at radius 2 is 2.24 bits per heavy atom. The van der Waals surface area contributed by atoms with Crippen molar-refractivity contribution >= 4 is 15.7 Å². The summed E-state index contributed by atoms with van der Waals surface area (Å²) in [7, 11) is -3.82. The zero-order valence-electron chi connectivity index (χ0n) is 10.8. The molecule has 0 unspecified atom stereocenters. The third kappa shape index (κ3) is 3.81. The van der Waals surface area contributed by atoms with Gasteiger partial charge in [0.1, 0.15) is 10.7 Å². The van der Waals surface area contributed by atoms with Crippen LogP contribution < -0.4 is 4.72 Å². The quantitative estimate of drug-likeness (QED) is 0.737. The molecule has 0 atom stereocenters. The standard InChI is InChI=1S/C13H12FN3O3S/c14-11-4-5-13(10(7-11)3-1-2-6-18)17-21(19,20)12-8-15-16-9-12/h4-5,7-9,17-18H,2,6H2,(H,15,16). The fraction of sp³-hybridized carbons (Fsp3) is 0.154. The summed E-state index contributed by atoms with van der Waals surface area (Å²) in [6.07, 6.45) is 2.59. The Labute approximate surface area is 121 Å². The molecule has 0 radical (unpaired) electrons. The Kier molecular flexibility index (Phi) is 4.57. The fourth-order valence-electron chi connectivity index (χ4n) is 1.51. The number of anilines is 1. The van der Waals surface area contributed by atoms with E-state index in [1.165, 1.54) is 12.3 Å². The molecule has 21 heavy (non-hydrogen) atoms. The van der Waals surface area contributed by atoms with Crippen LogP contribution in [0.15, 0.2) is 35.5 Å². The summed E-state index contributed by atoms with van der Waals surface area (Å²) in [6, 6.07) is 3.54. The lowest BCUT2D eigenvalue weighted by atomic mass is 10.2. The molecule has 6 nitrogen and oxygen atoms in total. The van der Waals surface area contributed by atoms with Gasteiger partial charge in [0.25, 0.3) is 10.0 Å². The summed E-state index contributed by atoms with van der Waals surface area (Å²) in [6.45, 7) is -0.127. The summed E-state index contributed by atoms with van der Waals surface area (Å²) in [4.78, 5) is -0.0407. The first-order valence-electron chi connectivity index (χ1n) is 5.94. The molecular weight excluding hydrogens is 297 g/mol. The normalized spacial score (nSPS) is 10.8. The fourth-order valence-corrected chi connectivity index (χ4v) is 2.50. The van der Waals surface area contributed by atoms with Gasteiger partial charge >= 0.3 is 0 Å². The maximum Gasteiger partial charge on any atom is 0.265 e. The van der Waals surface area contributed by atoms with Crippen molar-refractivity contribution in [3.63, 3.8) is 0 Å². The molecule has 0 spiro atoms. The van der Waals surface area contributed by atoms with Gasteiger partial charge in [-0.15, -0.1) is 0 Å². The Morgan fingerprint density at radius 3 is 2.90 bits per heavy atom. The Morgan fingerprint density at radius 1 is 1.43 bits per heavy atom. The maximum atomic E-state index is 13.3. The number of aromatic amines is 1. The summed E-state index contributed by atoms with van der Waals surface area (Å²) in [5.74, 6) is 4.71. The highest BCUT2D eigenvalue weighted by Crippen LogP contribution is 2.20. The molecule has 8 heteroatoms. The van der Waals surface area contributed by atoms with E-state index in [1.54, 1.807) is 0 Å². The van der Waals surface area contributed by atoms with Crippen molar-refractivity contribution in [2.45, 2.75) is 11.3 Å². The minimum atomic E-state index is -3.82. The molecule has 3 N–H and O–H groups in total. The molecule has 0 fully saturated rings. The number of rotatable bonds is 4. The summed E-state index contributed by atoms with van der Waals surface area (Å²) in [5, 5.41) is 14.7. The SMILES string of the molecule is O=S(=O)(Nc1ccc(F)cc1C#CCCO)c1cn[nH]c1. The lowest BCUT2D eigenvalue weighted by Gasteiger charge is -2.08. The minimum absolute atomic E-state index is 0.0407. The highest BCUT2D eigenvalue weighted by molar-refractivity contribution is 7.92. The summed E-state index contributed by atoms with van der Waals surface area (Å²) < 4.78 is 39.7. The molecule has 0 aliphatic rings. The lowest BCUT2D eigenvalue weighted by molar-refractivity contribution is 0.305. The molecule has 0 bridgehead atoms. The van der Waals surface area contributed by atoms with Crippen LogP contribution in [0, 0.1) is 17.7 Å². The topological polar surface area (TPSA) is 95.1 Å². The van der Waals surface area contributed by atoms with Crippen molar-refractivity contribution < 1.29 is 17.9 Å². The molecular formula is C13H12FN3O3S. The second kappa shape index (κ2) is 6.39. The van der Waals surface area contributed by atoms with Gasteiger partial charge in [-0.3, -0.25) is 9.82 Å². The van der Waals surface area contributed by atoms with E-state index in [-0.39, 0.29) is 29.2 Å². The van der Waals surface area contributed by atoms with Crippen LogP contribution in [0.5, 0.6) is 0 Å². The van der Waals surface area contributed by atoms with Gasteiger partial charge in [-0.2, -0.15) is 5.10 Å². The van der Waals surface area contributed by atoms with Crippen molar-refractivity contribution in [2.24, 2.45) is 0 Å². The molecule has 0 saturated carbocycles. The number of sulfonamides is 1. The Hall–Kier alpha value is -2.37. The number of nitrogens with zero attached hydrogens (tertiary/aromatic N) is 1. The molecule has 110 valence electrons. The number of halogens is 1. The van der Waals surface area contributed by atoms with E-state index >= 15 is 0 Å². The van der Waals surface area contributed by atoms with E-state index in [0.717, 1.165) is 18.3 Å². The highest BCUT2D eigenvalue weighted by atomic mass is 32.2. The molecule has 2 aromatic rings. The van der Waals surface area contributed by atoms with Crippen molar-refractivity contribution in [2.75, 3.05) is 11.3 Å². The molecule has 2 rings (SSSR count). The van der Waals surface area contributed by atoms with Crippen LogP contribution in [-0.4, -0.2) is 30.3 Å². The van der Waals surface area contributed by atoms with E-state index in [9.17, 15) is 12.8 Å². The molecule has 1 heterocycles. The van der Waals surface area contributed by atoms with Crippen LogP contribution in [0.4, 0.5) is 10.1 Å². The largest absolute Gasteiger partial charge is 0.395 e. The number of hydrogen-bond donors (Lipinski definition) is 3. The van der Waals surface area contributed by atoms with E-state index in [0.29, 0.717) is 0 Å². The van der Waals surface area contributed by atoms with Gasteiger partial charge in [0.05, 0.1) is 24.1 Å². The van der Waals surface area contributed by atoms with Crippen LogP contribution in [0.25, 0.3) is 0 Å². The van der Waals surface area contributed by atoms with Gasteiger partial charge in [0.2, 0.25) is 0 Å². The van der Waals surface area contributed by atoms with Crippen LogP contribution in [0.3, 0.4) is 0 Å². The molecule has 1 aromatic heterocycles. The number of benzene rings is 1. The first-order valence-corrected chi connectivity index (χ1v) is 7.42. The second-order valence-electron chi connectivity index (χ2n) is 4.00. The van der Waals surface area contributed by atoms with Crippen molar-refractivity contribution in [1.29, 1.82) is 0 Å². The van der Waals surface area contributed by atoms with Crippen molar-refractivity contribution in [3.8, 4) is 11.8 Å². The molecule has 1 aromatic carbocycles. The van der Waals surface area contributed by atoms with Crippen molar-refractivity contribution in [3.05, 3.63) is 42.0 Å². The van der Waals surface area contributed by atoms with Crippen LogP contribution in [0.2, 0.25) is 0 Å². The van der Waals surface area contributed by atoms with E-state index in [2.05, 4.69) is 26.8 Å². The third-order valence-corrected chi connectivity index (χ3v) is 3.80. The summed E-state index contributed by atoms with van der Waals surface area (Å²) >= 11 is 0. The van der Waals surface area contributed by atoms with Crippen LogP contribution in [0.1, 0.15) is 12.0 Å². The maximum absolute atomic E-state index is 13.3. The van der Waals surface area contributed by atoms with Gasteiger partial charge in [-0.1, -0.05) is 11.8 Å². The predicted molar refractivity (Wildman–Crippen MR) is 74.4 cm³/mol. The smallest absolute Gasteiger partial charge is 0.265 e. The Bertz CT molecular complexity index is 777. The third-order valence-electron chi connectivity index (χ3n) is 2.47.